The highest BCUT2D eigenvalue weighted by Gasteiger charge is 1.96. The summed E-state index contributed by atoms with van der Waals surface area (Å²) < 4.78 is 7.25. The molecule has 0 spiro atoms. The zero-order chi connectivity index (χ0) is 13.1. The molecule has 0 radical (unpaired) electrons. The number of rotatable bonds is 10. The Morgan fingerprint density at radius 2 is 2.22 bits per heavy atom. The number of hydrogen-bond donors (Lipinski definition) is 2. The molecule has 1 heterocycles. The van der Waals surface area contributed by atoms with Crippen molar-refractivity contribution in [2.45, 2.75) is 19.4 Å². The summed E-state index contributed by atoms with van der Waals surface area (Å²) in [5.41, 5.74) is 0. The van der Waals surface area contributed by atoms with Crippen LogP contribution in [-0.2, 0) is 16.1 Å². The van der Waals surface area contributed by atoms with Crippen LogP contribution in [0.15, 0.2) is 12.4 Å². The number of hydrogen-bond acceptors (Lipinski definition) is 5. The number of carbonyl (C=O) groups excluding carboxylic acids is 1. The van der Waals surface area contributed by atoms with Gasteiger partial charge in [0.1, 0.15) is 0 Å². The SMILES string of the molecule is CNC(=O)CNCCCOCCCn1ccnn1. The van der Waals surface area contributed by atoms with Crippen LogP contribution in [0.25, 0.3) is 0 Å². The number of amides is 1. The molecule has 2 N–H and O–H groups in total. The van der Waals surface area contributed by atoms with Crippen LogP contribution in [0.1, 0.15) is 12.8 Å². The van der Waals surface area contributed by atoms with Gasteiger partial charge in [-0.15, -0.1) is 5.10 Å². The molecule has 1 rings (SSSR count). The highest BCUT2D eigenvalue weighted by atomic mass is 16.5. The lowest BCUT2D eigenvalue weighted by atomic mass is 10.4. The maximum absolute atomic E-state index is 10.9. The molecule has 0 unspecified atom stereocenters. The number of likely N-dealkylation sites (N-methyl/N-ethyl adjacent to an activating group) is 1. The van der Waals surface area contributed by atoms with Crippen LogP contribution in [0.4, 0.5) is 0 Å². The average molecular weight is 255 g/mol. The third kappa shape index (κ3) is 6.97. The molecule has 0 bridgehead atoms. The van der Waals surface area contributed by atoms with Crippen molar-refractivity contribution in [3.63, 3.8) is 0 Å². The number of ether oxygens (including phenoxy) is 1. The molecule has 0 fully saturated rings. The van der Waals surface area contributed by atoms with E-state index in [1.165, 1.54) is 0 Å². The lowest BCUT2D eigenvalue weighted by molar-refractivity contribution is -0.119. The Labute approximate surface area is 107 Å². The summed E-state index contributed by atoms with van der Waals surface area (Å²) in [7, 11) is 1.63. The van der Waals surface area contributed by atoms with Crippen molar-refractivity contribution in [2.75, 3.05) is 33.4 Å². The summed E-state index contributed by atoms with van der Waals surface area (Å²) in [6.45, 7) is 3.40. The summed E-state index contributed by atoms with van der Waals surface area (Å²) >= 11 is 0. The number of aryl methyl sites for hydroxylation is 1. The summed E-state index contributed by atoms with van der Waals surface area (Å²) in [5.74, 6) is 0.00347. The first-order chi connectivity index (χ1) is 8.83. The van der Waals surface area contributed by atoms with Crippen LogP contribution in [0, 0.1) is 0 Å². The topological polar surface area (TPSA) is 81.1 Å². The lowest BCUT2D eigenvalue weighted by Gasteiger charge is -2.05. The Balaban J connectivity index is 1.80. The molecule has 1 aromatic heterocycles. The van der Waals surface area contributed by atoms with Crippen LogP contribution in [-0.4, -0.2) is 54.3 Å². The monoisotopic (exact) mass is 255 g/mol. The van der Waals surface area contributed by atoms with Crippen molar-refractivity contribution < 1.29 is 9.53 Å². The quantitative estimate of drug-likeness (QED) is 0.546. The van der Waals surface area contributed by atoms with Crippen LogP contribution < -0.4 is 10.6 Å². The van der Waals surface area contributed by atoms with Gasteiger partial charge < -0.3 is 15.4 Å². The largest absolute Gasteiger partial charge is 0.381 e. The van der Waals surface area contributed by atoms with Crippen molar-refractivity contribution in [3.05, 3.63) is 12.4 Å². The van der Waals surface area contributed by atoms with Crippen LogP contribution >= 0.6 is 0 Å². The fraction of sp³-hybridized carbons (Fsp3) is 0.727. The van der Waals surface area contributed by atoms with Crippen LogP contribution in [0.5, 0.6) is 0 Å². The van der Waals surface area contributed by atoms with E-state index in [9.17, 15) is 4.79 Å². The molecule has 102 valence electrons. The third-order valence-corrected chi connectivity index (χ3v) is 2.35. The van der Waals surface area contributed by atoms with Crippen molar-refractivity contribution in [1.29, 1.82) is 0 Å². The zero-order valence-corrected chi connectivity index (χ0v) is 10.8. The molecule has 1 amide bonds. The highest BCUT2D eigenvalue weighted by Crippen LogP contribution is 1.90. The van der Waals surface area contributed by atoms with Crippen molar-refractivity contribution in [2.24, 2.45) is 0 Å². The molecule has 0 aliphatic heterocycles. The van der Waals surface area contributed by atoms with E-state index in [4.69, 9.17) is 4.74 Å². The number of nitrogens with zero attached hydrogens (tertiary/aromatic N) is 3. The van der Waals surface area contributed by atoms with Gasteiger partial charge in [0.25, 0.3) is 0 Å². The first kappa shape index (κ1) is 14.6. The zero-order valence-electron chi connectivity index (χ0n) is 10.8. The summed E-state index contributed by atoms with van der Waals surface area (Å²) in [6, 6.07) is 0. The summed E-state index contributed by atoms with van der Waals surface area (Å²) in [4.78, 5) is 10.9. The predicted molar refractivity (Wildman–Crippen MR) is 67.0 cm³/mol. The van der Waals surface area contributed by atoms with Crippen molar-refractivity contribution in [3.8, 4) is 0 Å². The van der Waals surface area contributed by atoms with Gasteiger partial charge in [0.05, 0.1) is 12.7 Å². The van der Waals surface area contributed by atoms with Gasteiger partial charge in [0, 0.05) is 33.0 Å². The van der Waals surface area contributed by atoms with Gasteiger partial charge in [-0.2, -0.15) is 0 Å². The number of carbonyl (C=O) groups is 1. The maximum atomic E-state index is 10.9. The molecule has 0 aliphatic carbocycles. The summed E-state index contributed by atoms with van der Waals surface area (Å²) in [6.07, 6.45) is 5.33. The van der Waals surface area contributed by atoms with E-state index in [1.807, 2.05) is 6.20 Å². The molecule has 0 aromatic carbocycles. The average Bonchev–Trinajstić information content (AvgIpc) is 2.89. The predicted octanol–water partition coefficient (Wildman–Crippen LogP) is -0.589. The second-order valence-corrected chi connectivity index (χ2v) is 3.84. The minimum Gasteiger partial charge on any atom is -0.381 e. The maximum Gasteiger partial charge on any atom is 0.233 e. The van der Waals surface area contributed by atoms with Gasteiger partial charge in [-0.3, -0.25) is 9.48 Å². The molecule has 0 saturated carbocycles. The standard InChI is InChI=1S/C11H21N5O2/c1-12-11(17)10-13-4-2-8-18-9-3-6-16-7-5-14-15-16/h5,7,13H,2-4,6,8-10H2,1H3,(H,12,17). The Morgan fingerprint density at radius 3 is 2.94 bits per heavy atom. The lowest BCUT2D eigenvalue weighted by Crippen LogP contribution is -2.32. The second-order valence-electron chi connectivity index (χ2n) is 3.84. The highest BCUT2D eigenvalue weighted by molar-refractivity contribution is 5.77. The molecular formula is C11H21N5O2. The Morgan fingerprint density at radius 1 is 1.39 bits per heavy atom. The molecule has 18 heavy (non-hydrogen) atoms. The molecule has 0 aliphatic rings. The van der Waals surface area contributed by atoms with E-state index in [0.29, 0.717) is 13.2 Å². The Bertz CT molecular complexity index is 315. The van der Waals surface area contributed by atoms with Crippen molar-refractivity contribution >= 4 is 5.91 Å². The van der Waals surface area contributed by atoms with E-state index in [-0.39, 0.29) is 5.91 Å². The van der Waals surface area contributed by atoms with Gasteiger partial charge in [0.15, 0.2) is 0 Å². The first-order valence-corrected chi connectivity index (χ1v) is 6.16. The Hall–Kier alpha value is -1.47. The molecule has 7 nitrogen and oxygen atoms in total. The fourth-order valence-electron chi connectivity index (χ4n) is 1.37. The number of nitrogens with one attached hydrogen (secondary N) is 2. The molecule has 7 heteroatoms. The minimum atomic E-state index is 0.00347. The number of aromatic nitrogens is 3. The van der Waals surface area contributed by atoms with Gasteiger partial charge in [-0.1, -0.05) is 5.21 Å². The van der Waals surface area contributed by atoms with Gasteiger partial charge in [-0.05, 0) is 19.4 Å². The van der Waals surface area contributed by atoms with Crippen LogP contribution in [0.3, 0.4) is 0 Å². The molecule has 0 saturated heterocycles. The Kier molecular flexibility index (Phi) is 7.74. The minimum absolute atomic E-state index is 0.00347. The van der Waals surface area contributed by atoms with Gasteiger partial charge >= 0.3 is 0 Å². The molecule has 0 atom stereocenters. The first-order valence-electron chi connectivity index (χ1n) is 6.16. The molecule has 1 aromatic rings. The van der Waals surface area contributed by atoms with E-state index >= 15 is 0 Å². The summed E-state index contributed by atoms with van der Waals surface area (Å²) in [5, 5.41) is 13.2. The van der Waals surface area contributed by atoms with E-state index in [0.717, 1.165) is 32.5 Å². The van der Waals surface area contributed by atoms with E-state index in [2.05, 4.69) is 20.9 Å². The van der Waals surface area contributed by atoms with Crippen molar-refractivity contribution in [1.82, 2.24) is 25.6 Å². The smallest absolute Gasteiger partial charge is 0.233 e. The van der Waals surface area contributed by atoms with E-state index in [1.54, 1.807) is 17.9 Å². The van der Waals surface area contributed by atoms with Gasteiger partial charge in [0.2, 0.25) is 5.91 Å². The third-order valence-electron chi connectivity index (χ3n) is 2.35. The molecular weight excluding hydrogens is 234 g/mol. The normalized spacial score (nSPS) is 10.5. The van der Waals surface area contributed by atoms with Gasteiger partial charge in [-0.25, -0.2) is 0 Å². The fourth-order valence-corrected chi connectivity index (χ4v) is 1.37. The second kappa shape index (κ2) is 9.55. The van der Waals surface area contributed by atoms with Crippen LogP contribution in [0.2, 0.25) is 0 Å². The van der Waals surface area contributed by atoms with E-state index < -0.39 is 0 Å².